The highest BCUT2D eigenvalue weighted by Crippen LogP contribution is 2.16. The maximum Gasteiger partial charge on any atom is 0.285 e. The van der Waals surface area contributed by atoms with Crippen molar-refractivity contribution >= 4 is 27.6 Å². The Hall–Kier alpha value is -1.86. The summed E-state index contributed by atoms with van der Waals surface area (Å²) in [5.41, 5.74) is 7.14. The van der Waals surface area contributed by atoms with Crippen LogP contribution in [0.4, 0.5) is 0 Å². The van der Waals surface area contributed by atoms with Crippen molar-refractivity contribution in [1.29, 1.82) is 0 Å². The number of hydrogen-bond acceptors (Lipinski definition) is 3. The molecule has 0 aliphatic carbocycles. The normalized spacial score (nSPS) is 12.7. The van der Waals surface area contributed by atoms with Crippen molar-refractivity contribution in [2.24, 2.45) is 10.1 Å². The molecule has 0 unspecified atom stereocenters. The number of rotatable bonds is 2. The predicted octanol–water partition coefficient (Wildman–Crippen LogP) is 1.71. The Morgan fingerprint density at radius 3 is 2.40 bits per heavy atom. The van der Waals surface area contributed by atoms with E-state index in [1.54, 1.807) is 19.9 Å². The number of halogens is 1. The Morgan fingerprint density at radius 2 is 1.90 bits per heavy atom. The largest absolute Gasteiger partial charge is 0.367 e. The first-order chi connectivity index (χ1) is 9.29. The van der Waals surface area contributed by atoms with Crippen LogP contribution >= 0.6 is 11.6 Å². The molecule has 0 atom stereocenters. The molecule has 0 radical (unpaired) electrons. The maximum absolute atomic E-state index is 12.1. The zero-order chi connectivity index (χ0) is 14.9. The molecule has 8 heteroatoms. The highest BCUT2D eigenvalue weighted by atomic mass is 35.5. The van der Waals surface area contributed by atoms with E-state index in [-0.39, 0.29) is 10.9 Å². The van der Waals surface area contributed by atoms with Crippen molar-refractivity contribution in [1.82, 2.24) is 9.78 Å². The predicted molar refractivity (Wildman–Crippen MR) is 77.4 cm³/mol. The van der Waals surface area contributed by atoms with Gasteiger partial charge in [0.2, 0.25) is 5.96 Å². The number of nitrogens with two attached hydrogens (primary N) is 1. The molecule has 0 amide bonds. The number of sulfonamides is 1. The SMILES string of the molecule is Cc1cc(C)n(/C(N)=N\S(=O)(=O)c2ccc(Cl)cc2)n1. The first-order valence-electron chi connectivity index (χ1n) is 5.69. The average molecular weight is 313 g/mol. The van der Waals surface area contributed by atoms with Crippen molar-refractivity contribution in [3.63, 3.8) is 0 Å². The number of hydrogen-bond donors (Lipinski definition) is 1. The molecule has 0 bridgehead atoms. The molecule has 1 aromatic heterocycles. The lowest BCUT2D eigenvalue weighted by Crippen LogP contribution is -2.26. The van der Waals surface area contributed by atoms with Gasteiger partial charge in [-0.1, -0.05) is 11.6 Å². The van der Waals surface area contributed by atoms with E-state index in [2.05, 4.69) is 9.50 Å². The highest BCUT2D eigenvalue weighted by molar-refractivity contribution is 7.90. The highest BCUT2D eigenvalue weighted by Gasteiger charge is 2.15. The van der Waals surface area contributed by atoms with E-state index in [1.807, 2.05) is 0 Å². The van der Waals surface area contributed by atoms with E-state index >= 15 is 0 Å². The Morgan fingerprint density at radius 1 is 1.30 bits per heavy atom. The number of aryl methyl sites for hydroxylation is 2. The second kappa shape index (κ2) is 5.26. The zero-order valence-electron chi connectivity index (χ0n) is 10.9. The first-order valence-corrected chi connectivity index (χ1v) is 7.51. The van der Waals surface area contributed by atoms with Crippen LogP contribution < -0.4 is 5.73 Å². The van der Waals surface area contributed by atoms with E-state index < -0.39 is 10.0 Å². The molecule has 1 heterocycles. The standard InChI is InChI=1S/C12H13ClN4O2S/c1-8-7-9(2)17(15-8)12(14)16-20(18,19)11-5-3-10(13)4-6-11/h3-7H,1-2H3,(H2,14,16). The van der Waals surface area contributed by atoms with E-state index in [9.17, 15) is 8.42 Å². The van der Waals surface area contributed by atoms with Gasteiger partial charge in [0.05, 0.1) is 10.6 Å². The zero-order valence-corrected chi connectivity index (χ0v) is 12.5. The maximum atomic E-state index is 12.1. The average Bonchev–Trinajstić information content (AvgIpc) is 2.68. The van der Waals surface area contributed by atoms with Crippen molar-refractivity contribution in [2.75, 3.05) is 0 Å². The quantitative estimate of drug-likeness (QED) is 0.675. The third kappa shape index (κ3) is 3.00. The molecule has 0 saturated carbocycles. The molecule has 0 aliphatic rings. The summed E-state index contributed by atoms with van der Waals surface area (Å²) in [6.45, 7) is 3.54. The van der Waals surface area contributed by atoms with Crippen molar-refractivity contribution in [3.05, 3.63) is 46.7 Å². The minimum Gasteiger partial charge on any atom is -0.367 e. The van der Waals surface area contributed by atoms with Crippen LogP contribution in [0.5, 0.6) is 0 Å². The summed E-state index contributed by atoms with van der Waals surface area (Å²) in [6, 6.07) is 7.47. The Labute approximate surface area is 121 Å². The van der Waals surface area contributed by atoms with Crippen molar-refractivity contribution in [2.45, 2.75) is 18.7 Å². The van der Waals surface area contributed by atoms with Gasteiger partial charge in [0.15, 0.2) is 0 Å². The van der Waals surface area contributed by atoms with Crippen LogP contribution in [0.3, 0.4) is 0 Å². The van der Waals surface area contributed by atoms with E-state index in [4.69, 9.17) is 17.3 Å². The van der Waals surface area contributed by atoms with Gasteiger partial charge >= 0.3 is 0 Å². The molecule has 6 nitrogen and oxygen atoms in total. The lowest BCUT2D eigenvalue weighted by atomic mass is 10.4. The first kappa shape index (κ1) is 14.5. The topological polar surface area (TPSA) is 90.3 Å². The monoisotopic (exact) mass is 312 g/mol. The van der Waals surface area contributed by atoms with Gasteiger partial charge in [-0.3, -0.25) is 0 Å². The molecule has 106 valence electrons. The molecule has 2 rings (SSSR count). The molecule has 20 heavy (non-hydrogen) atoms. The molecule has 2 aromatic rings. The summed E-state index contributed by atoms with van der Waals surface area (Å²) >= 11 is 5.72. The van der Waals surface area contributed by atoms with Gasteiger partial charge < -0.3 is 5.73 Å². The number of benzene rings is 1. The molecule has 0 fully saturated rings. The molecule has 0 saturated heterocycles. The fourth-order valence-electron chi connectivity index (χ4n) is 1.68. The summed E-state index contributed by atoms with van der Waals surface area (Å²) in [5.74, 6) is -0.203. The van der Waals surface area contributed by atoms with Crippen LogP contribution in [-0.2, 0) is 10.0 Å². The second-order valence-corrected chi connectivity index (χ2v) is 6.26. The molecular weight excluding hydrogens is 300 g/mol. The summed E-state index contributed by atoms with van der Waals surface area (Å²) in [4.78, 5) is 0.0198. The molecule has 0 spiro atoms. The van der Waals surface area contributed by atoms with Gasteiger partial charge in [-0.15, -0.1) is 4.40 Å². The van der Waals surface area contributed by atoms with Crippen LogP contribution in [-0.4, -0.2) is 24.2 Å². The van der Waals surface area contributed by atoms with Gasteiger partial charge in [0.1, 0.15) is 0 Å². The van der Waals surface area contributed by atoms with E-state index in [0.29, 0.717) is 10.7 Å². The summed E-state index contributed by atoms with van der Waals surface area (Å²) in [7, 11) is -3.89. The number of aromatic nitrogens is 2. The Balaban J connectivity index is 2.43. The molecule has 0 aliphatic heterocycles. The fourth-order valence-corrected chi connectivity index (χ4v) is 2.72. The molecule has 2 N–H and O–H groups in total. The van der Waals surface area contributed by atoms with Crippen LogP contribution in [0.15, 0.2) is 39.6 Å². The van der Waals surface area contributed by atoms with Crippen LogP contribution in [0.2, 0.25) is 5.02 Å². The third-order valence-corrected chi connectivity index (χ3v) is 4.10. The van der Waals surface area contributed by atoms with E-state index in [0.717, 1.165) is 5.69 Å². The van der Waals surface area contributed by atoms with Crippen molar-refractivity contribution in [3.8, 4) is 0 Å². The summed E-state index contributed by atoms with van der Waals surface area (Å²) in [5, 5.41) is 4.52. The van der Waals surface area contributed by atoms with Crippen LogP contribution in [0, 0.1) is 13.8 Å². The third-order valence-electron chi connectivity index (χ3n) is 2.55. The van der Waals surface area contributed by atoms with Crippen LogP contribution in [0.25, 0.3) is 0 Å². The van der Waals surface area contributed by atoms with Crippen LogP contribution in [0.1, 0.15) is 11.4 Å². The minimum absolute atomic E-state index is 0.0198. The van der Waals surface area contributed by atoms with Gasteiger partial charge in [0.25, 0.3) is 10.0 Å². The molecule has 1 aromatic carbocycles. The lowest BCUT2D eigenvalue weighted by Gasteiger charge is -2.04. The summed E-state index contributed by atoms with van der Waals surface area (Å²) in [6.07, 6.45) is 0. The number of nitrogens with zero attached hydrogens (tertiary/aromatic N) is 3. The van der Waals surface area contributed by atoms with Gasteiger partial charge in [-0.25, -0.2) is 4.68 Å². The summed E-state index contributed by atoms with van der Waals surface area (Å²) < 4.78 is 29.0. The minimum atomic E-state index is -3.89. The van der Waals surface area contributed by atoms with Gasteiger partial charge in [0, 0.05) is 10.7 Å². The second-order valence-electron chi connectivity index (χ2n) is 4.22. The Bertz CT molecular complexity index is 763. The van der Waals surface area contributed by atoms with Gasteiger partial charge in [-0.2, -0.15) is 13.5 Å². The smallest absolute Gasteiger partial charge is 0.285 e. The van der Waals surface area contributed by atoms with E-state index in [1.165, 1.54) is 28.9 Å². The van der Waals surface area contributed by atoms with Gasteiger partial charge in [-0.05, 0) is 44.2 Å². The molecular formula is C12H13ClN4O2S. The Kier molecular flexibility index (Phi) is 3.82. The lowest BCUT2D eigenvalue weighted by molar-refractivity contribution is 0.597. The fraction of sp³-hybridized carbons (Fsp3) is 0.167. The van der Waals surface area contributed by atoms with Crippen molar-refractivity contribution < 1.29 is 8.42 Å².